The van der Waals surface area contributed by atoms with E-state index in [1.165, 1.54) is 51.4 Å². The molecular formula is C31H53N3O4. The summed E-state index contributed by atoms with van der Waals surface area (Å²) in [7, 11) is 0. The molecule has 0 atom stereocenters. The Morgan fingerprint density at radius 2 is 1.32 bits per heavy atom. The highest BCUT2D eigenvalue weighted by Crippen LogP contribution is 2.11. The van der Waals surface area contributed by atoms with Crippen LogP contribution in [0.2, 0.25) is 0 Å². The van der Waals surface area contributed by atoms with Crippen LogP contribution in [0.1, 0.15) is 134 Å². The fraction of sp³-hybridized carbons (Fsp3) is 0.710. The van der Waals surface area contributed by atoms with Gasteiger partial charge >= 0.3 is 6.09 Å². The first-order valence-corrected chi connectivity index (χ1v) is 14.8. The van der Waals surface area contributed by atoms with Gasteiger partial charge < -0.3 is 20.7 Å². The number of carbonyl (C=O) groups is 3. The highest BCUT2D eigenvalue weighted by Gasteiger charge is 2.15. The zero-order valence-electron chi connectivity index (χ0n) is 24.5. The zero-order chi connectivity index (χ0) is 28.1. The third kappa shape index (κ3) is 18.6. The van der Waals surface area contributed by atoms with Crippen molar-refractivity contribution >= 4 is 17.9 Å². The summed E-state index contributed by atoms with van der Waals surface area (Å²) in [5.74, 6) is -0.0741. The van der Waals surface area contributed by atoms with Gasteiger partial charge in [0.15, 0.2) is 0 Å². The molecule has 7 nitrogen and oxygen atoms in total. The molecule has 7 heteroatoms. The molecule has 0 aromatic heterocycles. The maximum absolute atomic E-state index is 12.5. The minimum Gasteiger partial charge on any atom is -0.444 e. The molecule has 0 unspecified atom stereocenters. The third-order valence-corrected chi connectivity index (χ3v) is 6.24. The number of benzene rings is 1. The molecule has 0 saturated carbocycles. The van der Waals surface area contributed by atoms with Gasteiger partial charge in [-0.25, -0.2) is 4.79 Å². The van der Waals surface area contributed by atoms with E-state index in [4.69, 9.17) is 4.74 Å². The van der Waals surface area contributed by atoms with Gasteiger partial charge in [0.2, 0.25) is 5.91 Å². The van der Waals surface area contributed by atoms with E-state index in [1.54, 1.807) is 0 Å². The molecule has 216 valence electrons. The Hall–Kier alpha value is -2.57. The Morgan fingerprint density at radius 1 is 0.737 bits per heavy atom. The van der Waals surface area contributed by atoms with Gasteiger partial charge in [0.05, 0.1) is 0 Å². The summed E-state index contributed by atoms with van der Waals surface area (Å²) in [6, 6.07) is 7.43. The van der Waals surface area contributed by atoms with Crippen molar-refractivity contribution in [2.24, 2.45) is 0 Å². The van der Waals surface area contributed by atoms with E-state index in [-0.39, 0.29) is 11.8 Å². The first-order chi connectivity index (χ1) is 18.2. The number of rotatable bonds is 20. The Balaban J connectivity index is 2.12. The van der Waals surface area contributed by atoms with E-state index in [0.29, 0.717) is 31.6 Å². The predicted molar refractivity (Wildman–Crippen MR) is 155 cm³/mol. The second-order valence-corrected chi connectivity index (χ2v) is 11.2. The average molecular weight is 532 g/mol. The van der Waals surface area contributed by atoms with Crippen molar-refractivity contribution in [3.63, 3.8) is 0 Å². The second kappa shape index (κ2) is 20.4. The van der Waals surface area contributed by atoms with E-state index in [9.17, 15) is 14.4 Å². The fourth-order valence-electron chi connectivity index (χ4n) is 4.12. The molecule has 0 aliphatic carbocycles. The maximum atomic E-state index is 12.5. The Morgan fingerprint density at radius 3 is 1.95 bits per heavy atom. The van der Waals surface area contributed by atoms with Gasteiger partial charge in [-0.05, 0) is 57.7 Å². The van der Waals surface area contributed by atoms with E-state index >= 15 is 0 Å². The summed E-state index contributed by atoms with van der Waals surface area (Å²) in [6.45, 7) is 9.37. The number of unbranched alkanes of at least 4 members (excludes halogenated alkanes) is 11. The molecular weight excluding hydrogens is 478 g/mol. The molecule has 0 aliphatic rings. The molecule has 0 saturated heterocycles. The van der Waals surface area contributed by atoms with Gasteiger partial charge in [-0.2, -0.15) is 0 Å². The SMILES string of the molecule is CCCCCCCCCCCCNC(=O)c1cccc(CNC(=O)CCCCCNC(=O)OC(C)(C)C)c1. The number of hydrogen-bond donors (Lipinski definition) is 3. The Labute approximate surface area is 231 Å². The number of ether oxygens (including phenoxy) is 1. The number of hydrogen-bond acceptors (Lipinski definition) is 4. The van der Waals surface area contributed by atoms with Crippen LogP contribution >= 0.6 is 0 Å². The lowest BCUT2D eigenvalue weighted by Crippen LogP contribution is -2.33. The second-order valence-electron chi connectivity index (χ2n) is 11.2. The van der Waals surface area contributed by atoms with Crippen LogP contribution in [-0.4, -0.2) is 36.6 Å². The largest absolute Gasteiger partial charge is 0.444 e. The van der Waals surface area contributed by atoms with Crippen LogP contribution in [0.15, 0.2) is 24.3 Å². The molecule has 1 rings (SSSR count). The summed E-state index contributed by atoms with van der Waals surface area (Å²) in [4.78, 5) is 36.3. The minimum absolute atomic E-state index is 0.0130. The molecule has 3 N–H and O–H groups in total. The summed E-state index contributed by atoms with van der Waals surface area (Å²) >= 11 is 0. The lowest BCUT2D eigenvalue weighted by atomic mass is 10.1. The lowest BCUT2D eigenvalue weighted by Gasteiger charge is -2.19. The van der Waals surface area contributed by atoms with Gasteiger partial charge in [0.25, 0.3) is 5.91 Å². The smallest absolute Gasteiger partial charge is 0.407 e. The van der Waals surface area contributed by atoms with Crippen molar-refractivity contribution in [1.82, 2.24) is 16.0 Å². The van der Waals surface area contributed by atoms with Gasteiger partial charge in [0.1, 0.15) is 5.60 Å². The molecule has 0 heterocycles. The van der Waals surface area contributed by atoms with Crippen LogP contribution < -0.4 is 16.0 Å². The maximum Gasteiger partial charge on any atom is 0.407 e. The predicted octanol–water partition coefficient (Wildman–Crippen LogP) is 7.04. The van der Waals surface area contributed by atoms with Gasteiger partial charge in [-0.1, -0.05) is 83.3 Å². The molecule has 38 heavy (non-hydrogen) atoms. The van der Waals surface area contributed by atoms with E-state index in [0.717, 1.165) is 37.7 Å². The number of alkyl carbamates (subject to hydrolysis) is 1. The topological polar surface area (TPSA) is 96.5 Å². The highest BCUT2D eigenvalue weighted by molar-refractivity contribution is 5.94. The number of amides is 3. The van der Waals surface area contributed by atoms with Crippen molar-refractivity contribution in [3.8, 4) is 0 Å². The highest BCUT2D eigenvalue weighted by atomic mass is 16.6. The van der Waals surface area contributed by atoms with Crippen molar-refractivity contribution in [2.75, 3.05) is 13.1 Å². The normalized spacial score (nSPS) is 11.2. The van der Waals surface area contributed by atoms with E-state index < -0.39 is 11.7 Å². The van der Waals surface area contributed by atoms with Crippen LogP contribution in [0.4, 0.5) is 4.79 Å². The van der Waals surface area contributed by atoms with Gasteiger partial charge in [0, 0.05) is 31.6 Å². The first kappa shape index (κ1) is 33.5. The Bertz CT molecular complexity index is 805. The van der Waals surface area contributed by atoms with Gasteiger partial charge in [-0.15, -0.1) is 0 Å². The average Bonchev–Trinajstić information content (AvgIpc) is 2.87. The summed E-state index contributed by atoms with van der Waals surface area (Å²) in [6.07, 6.45) is 15.2. The van der Waals surface area contributed by atoms with Gasteiger partial charge in [-0.3, -0.25) is 9.59 Å². The number of carbonyl (C=O) groups excluding carboxylic acids is 3. The van der Waals surface area contributed by atoms with Crippen LogP contribution in [0.3, 0.4) is 0 Å². The molecule has 1 aromatic carbocycles. The molecule has 3 amide bonds. The summed E-state index contributed by atoms with van der Waals surface area (Å²) in [5, 5.41) is 8.68. The van der Waals surface area contributed by atoms with Crippen molar-refractivity contribution < 1.29 is 19.1 Å². The van der Waals surface area contributed by atoms with Crippen molar-refractivity contribution in [2.45, 2.75) is 130 Å². The standard InChI is InChI=1S/C31H53N3O4/c1-5-6-7-8-9-10-11-12-13-16-22-32-29(36)27-20-18-19-26(24-27)25-34-28(35)21-15-14-17-23-33-30(37)38-31(2,3)4/h18-20,24H,5-17,21-23,25H2,1-4H3,(H,32,36)(H,33,37)(H,34,35). The Kier molecular flexibility index (Phi) is 18.0. The summed E-state index contributed by atoms with van der Waals surface area (Å²) < 4.78 is 5.19. The first-order valence-electron chi connectivity index (χ1n) is 14.8. The lowest BCUT2D eigenvalue weighted by molar-refractivity contribution is -0.121. The van der Waals surface area contributed by atoms with E-state index in [2.05, 4.69) is 22.9 Å². The van der Waals surface area contributed by atoms with Crippen LogP contribution in [0, 0.1) is 0 Å². The molecule has 1 aromatic rings. The van der Waals surface area contributed by atoms with Crippen LogP contribution in [0.5, 0.6) is 0 Å². The summed E-state index contributed by atoms with van der Waals surface area (Å²) in [5.41, 5.74) is 1.03. The molecule has 0 bridgehead atoms. The molecule has 0 radical (unpaired) electrons. The zero-order valence-corrected chi connectivity index (χ0v) is 24.5. The fourth-order valence-corrected chi connectivity index (χ4v) is 4.12. The number of nitrogens with one attached hydrogen (secondary N) is 3. The third-order valence-electron chi connectivity index (χ3n) is 6.24. The van der Waals surface area contributed by atoms with Crippen LogP contribution in [0.25, 0.3) is 0 Å². The molecule has 0 spiro atoms. The molecule has 0 fully saturated rings. The van der Waals surface area contributed by atoms with Crippen molar-refractivity contribution in [1.29, 1.82) is 0 Å². The minimum atomic E-state index is -0.502. The van der Waals surface area contributed by atoms with E-state index in [1.807, 2.05) is 45.0 Å². The molecule has 0 aliphatic heterocycles. The monoisotopic (exact) mass is 531 g/mol. The van der Waals surface area contributed by atoms with Crippen molar-refractivity contribution in [3.05, 3.63) is 35.4 Å². The van der Waals surface area contributed by atoms with Crippen LogP contribution in [-0.2, 0) is 16.1 Å². The quantitative estimate of drug-likeness (QED) is 0.157.